The number of piperazine rings is 1. The Bertz CT molecular complexity index is 593. The molecule has 1 atom stereocenters. The van der Waals surface area contributed by atoms with Crippen LogP contribution in [0.2, 0.25) is 0 Å². The van der Waals surface area contributed by atoms with Gasteiger partial charge in [0.25, 0.3) is 11.6 Å². The number of halogens is 1. The number of hydrogen-bond donors (Lipinski definition) is 1. The SMILES string of the molecule is CC1CN(C(=O)c2c(F)ccc([N+](=O)[O-])c2N)CCN1C. The zero-order valence-electron chi connectivity index (χ0n) is 11.9. The molecule has 2 N–H and O–H groups in total. The van der Waals surface area contributed by atoms with Crippen molar-refractivity contribution in [2.75, 3.05) is 32.4 Å². The van der Waals surface area contributed by atoms with Gasteiger partial charge in [-0.25, -0.2) is 4.39 Å². The normalized spacial score (nSPS) is 19.6. The van der Waals surface area contributed by atoms with Crippen molar-refractivity contribution in [2.24, 2.45) is 0 Å². The fraction of sp³-hybridized carbons (Fsp3) is 0.462. The average Bonchev–Trinajstić information content (AvgIpc) is 2.41. The number of carbonyl (C=O) groups excluding carboxylic acids is 1. The number of nitrogen functional groups attached to an aromatic ring is 1. The fourth-order valence-corrected chi connectivity index (χ4v) is 2.35. The molecule has 114 valence electrons. The number of nitrogens with zero attached hydrogens (tertiary/aromatic N) is 3. The fourth-order valence-electron chi connectivity index (χ4n) is 2.35. The summed E-state index contributed by atoms with van der Waals surface area (Å²) in [5.41, 5.74) is 4.32. The molecule has 0 saturated carbocycles. The van der Waals surface area contributed by atoms with E-state index >= 15 is 0 Å². The number of benzene rings is 1. The summed E-state index contributed by atoms with van der Waals surface area (Å²) in [4.78, 5) is 26.1. The molecule has 0 aliphatic carbocycles. The van der Waals surface area contributed by atoms with E-state index in [1.54, 1.807) is 0 Å². The lowest BCUT2D eigenvalue weighted by Gasteiger charge is -2.37. The Balaban J connectivity index is 2.35. The van der Waals surface area contributed by atoms with Gasteiger partial charge in [0.1, 0.15) is 17.1 Å². The Morgan fingerprint density at radius 3 is 2.71 bits per heavy atom. The molecule has 1 aliphatic rings. The highest BCUT2D eigenvalue weighted by Crippen LogP contribution is 2.28. The third-order valence-corrected chi connectivity index (χ3v) is 3.83. The van der Waals surface area contributed by atoms with Crippen LogP contribution >= 0.6 is 0 Å². The van der Waals surface area contributed by atoms with Crippen LogP contribution in [0.25, 0.3) is 0 Å². The highest BCUT2D eigenvalue weighted by molar-refractivity contribution is 6.01. The van der Waals surface area contributed by atoms with E-state index in [0.29, 0.717) is 19.6 Å². The van der Waals surface area contributed by atoms with Crippen molar-refractivity contribution >= 4 is 17.3 Å². The zero-order chi connectivity index (χ0) is 15.7. The standard InChI is InChI=1S/C13H17FN4O3/c1-8-7-17(6-5-16(8)2)13(19)11-9(14)3-4-10(12(11)15)18(20)21/h3-4,8H,5-7,15H2,1-2H3. The smallest absolute Gasteiger partial charge is 0.293 e. The van der Waals surface area contributed by atoms with Crippen LogP contribution in [0, 0.1) is 15.9 Å². The number of nitrogens with two attached hydrogens (primary N) is 1. The van der Waals surface area contributed by atoms with Crippen LogP contribution in [0.3, 0.4) is 0 Å². The maximum absolute atomic E-state index is 13.9. The second-order valence-corrected chi connectivity index (χ2v) is 5.19. The Hall–Kier alpha value is -2.22. The second kappa shape index (κ2) is 5.65. The molecule has 0 aromatic heterocycles. The van der Waals surface area contributed by atoms with Crippen LogP contribution in [0.4, 0.5) is 15.8 Å². The molecule has 1 saturated heterocycles. The Morgan fingerprint density at radius 2 is 2.14 bits per heavy atom. The first-order chi connectivity index (χ1) is 9.82. The van der Waals surface area contributed by atoms with Crippen molar-refractivity contribution in [1.82, 2.24) is 9.80 Å². The summed E-state index contributed by atoms with van der Waals surface area (Å²) in [7, 11) is 1.94. The molecule has 1 heterocycles. The predicted octanol–water partition coefficient (Wildman–Crippen LogP) is 1.09. The summed E-state index contributed by atoms with van der Waals surface area (Å²) in [6.45, 7) is 3.47. The Labute approximate surface area is 121 Å². The van der Waals surface area contributed by atoms with Gasteiger partial charge in [-0.3, -0.25) is 14.9 Å². The highest BCUT2D eigenvalue weighted by Gasteiger charge is 2.30. The van der Waals surface area contributed by atoms with Crippen molar-refractivity contribution in [3.63, 3.8) is 0 Å². The summed E-state index contributed by atoms with van der Waals surface area (Å²) in [5.74, 6) is -1.44. The summed E-state index contributed by atoms with van der Waals surface area (Å²) in [5, 5.41) is 10.9. The van der Waals surface area contributed by atoms with Gasteiger partial charge < -0.3 is 15.5 Å². The molecule has 1 aliphatic heterocycles. The number of nitro groups is 1. The second-order valence-electron chi connectivity index (χ2n) is 5.19. The molecule has 7 nitrogen and oxygen atoms in total. The van der Waals surface area contributed by atoms with Crippen LogP contribution in [0.5, 0.6) is 0 Å². The van der Waals surface area contributed by atoms with Gasteiger partial charge >= 0.3 is 0 Å². The summed E-state index contributed by atoms with van der Waals surface area (Å²) in [6.07, 6.45) is 0. The number of anilines is 1. The lowest BCUT2D eigenvalue weighted by atomic mass is 10.1. The molecule has 1 fully saturated rings. The number of likely N-dealkylation sites (N-methyl/N-ethyl adjacent to an activating group) is 1. The molecular formula is C13H17FN4O3. The lowest BCUT2D eigenvalue weighted by molar-refractivity contribution is -0.384. The first-order valence-electron chi connectivity index (χ1n) is 6.54. The van der Waals surface area contributed by atoms with E-state index in [2.05, 4.69) is 4.90 Å². The third kappa shape index (κ3) is 2.80. The lowest BCUT2D eigenvalue weighted by Crippen LogP contribution is -2.52. The zero-order valence-corrected chi connectivity index (χ0v) is 11.9. The van der Waals surface area contributed by atoms with E-state index in [1.165, 1.54) is 4.90 Å². The van der Waals surface area contributed by atoms with Gasteiger partial charge in [-0.1, -0.05) is 0 Å². The van der Waals surface area contributed by atoms with Crippen molar-refractivity contribution < 1.29 is 14.1 Å². The molecule has 1 aromatic carbocycles. The molecule has 0 radical (unpaired) electrons. The van der Waals surface area contributed by atoms with Crippen molar-refractivity contribution in [3.8, 4) is 0 Å². The number of hydrogen-bond acceptors (Lipinski definition) is 5. The van der Waals surface area contributed by atoms with Gasteiger partial charge in [0.15, 0.2) is 0 Å². The topological polar surface area (TPSA) is 92.7 Å². The van der Waals surface area contributed by atoms with E-state index in [0.717, 1.165) is 12.1 Å². The van der Waals surface area contributed by atoms with E-state index in [-0.39, 0.29) is 6.04 Å². The minimum Gasteiger partial charge on any atom is -0.392 e. The average molecular weight is 296 g/mol. The van der Waals surface area contributed by atoms with Gasteiger partial charge in [-0.05, 0) is 20.0 Å². The first kappa shape index (κ1) is 15.2. The predicted molar refractivity (Wildman–Crippen MR) is 75.5 cm³/mol. The summed E-state index contributed by atoms with van der Waals surface area (Å²) in [6, 6.07) is 2.00. The van der Waals surface area contributed by atoms with Gasteiger partial charge in [0.05, 0.1) is 4.92 Å². The number of nitro benzene ring substituents is 1. The molecule has 0 bridgehead atoms. The van der Waals surface area contributed by atoms with Crippen LogP contribution in [0.15, 0.2) is 12.1 Å². The van der Waals surface area contributed by atoms with Crippen LogP contribution in [-0.2, 0) is 0 Å². The van der Waals surface area contributed by atoms with Gasteiger partial charge in [0, 0.05) is 31.7 Å². The molecule has 1 amide bonds. The quantitative estimate of drug-likeness (QED) is 0.501. The molecule has 2 rings (SSSR count). The molecule has 1 unspecified atom stereocenters. The molecule has 8 heteroatoms. The summed E-state index contributed by atoms with van der Waals surface area (Å²) >= 11 is 0. The largest absolute Gasteiger partial charge is 0.392 e. The molecule has 1 aromatic rings. The van der Waals surface area contributed by atoms with E-state index in [1.807, 2.05) is 14.0 Å². The third-order valence-electron chi connectivity index (χ3n) is 3.83. The van der Waals surface area contributed by atoms with Crippen LogP contribution in [-0.4, -0.2) is 53.4 Å². The van der Waals surface area contributed by atoms with E-state index in [9.17, 15) is 19.3 Å². The van der Waals surface area contributed by atoms with E-state index in [4.69, 9.17) is 5.73 Å². The highest BCUT2D eigenvalue weighted by atomic mass is 19.1. The maximum atomic E-state index is 13.9. The van der Waals surface area contributed by atoms with Gasteiger partial charge in [-0.2, -0.15) is 0 Å². The minimum absolute atomic E-state index is 0.130. The number of carbonyl (C=O) groups is 1. The van der Waals surface area contributed by atoms with Crippen molar-refractivity contribution in [1.29, 1.82) is 0 Å². The van der Waals surface area contributed by atoms with Crippen molar-refractivity contribution in [2.45, 2.75) is 13.0 Å². The minimum atomic E-state index is -0.838. The van der Waals surface area contributed by atoms with Gasteiger partial charge in [0.2, 0.25) is 0 Å². The van der Waals surface area contributed by atoms with Crippen LogP contribution in [0.1, 0.15) is 17.3 Å². The van der Waals surface area contributed by atoms with Crippen molar-refractivity contribution in [3.05, 3.63) is 33.6 Å². The number of rotatable bonds is 2. The van der Waals surface area contributed by atoms with E-state index < -0.39 is 33.6 Å². The maximum Gasteiger partial charge on any atom is 0.293 e. The van der Waals surface area contributed by atoms with Crippen LogP contribution < -0.4 is 5.73 Å². The molecule has 21 heavy (non-hydrogen) atoms. The first-order valence-corrected chi connectivity index (χ1v) is 6.54. The Kier molecular flexibility index (Phi) is 4.08. The summed E-state index contributed by atoms with van der Waals surface area (Å²) < 4.78 is 13.9. The monoisotopic (exact) mass is 296 g/mol. The molecule has 0 spiro atoms. The number of amides is 1. The Morgan fingerprint density at radius 1 is 1.48 bits per heavy atom. The molecular weight excluding hydrogens is 279 g/mol. The van der Waals surface area contributed by atoms with Gasteiger partial charge in [-0.15, -0.1) is 0 Å².